The number of fused-ring (bicyclic) bond motifs is 1. The van der Waals surface area contributed by atoms with Crippen LogP contribution >= 0.6 is 0 Å². The van der Waals surface area contributed by atoms with Crippen LogP contribution in [-0.2, 0) is 4.79 Å². The van der Waals surface area contributed by atoms with Gasteiger partial charge < -0.3 is 14.6 Å². The number of rotatable bonds is 5. The SMILES string of the molecule is C[C@@H](CNc1nc2ccccc2o1)CN1CCCC1=O. The predicted molar refractivity (Wildman–Crippen MR) is 77.5 cm³/mol. The Bertz CT molecular complexity index is 575. The molecule has 5 heteroatoms. The van der Waals surface area contributed by atoms with Gasteiger partial charge in [-0.15, -0.1) is 0 Å². The molecule has 1 amide bonds. The molecule has 1 atom stereocenters. The summed E-state index contributed by atoms with van der Waals surface area (Å²) in [4.78, 5) is 17.9. The molecule has 1 saturated heterocycles. The minimum absolute atomic E-state index is 0.277. The van der Waals surface area contributed by atoms with Crippen molar-refractivity contribution in [3.05, 3.63) is 24.3 Å². The Balaban J connectivity index is 1.54. The molecule has 106 valence electrons. The van der Waals surface area contributed by atoms with Crippen molar-refractivity contribution in [3.8, 4) is 0 Å². The fourth-order valence-corrected chi connectivity index (χ4v) is 2.55. The monoisotopic (exact) mass is 273 g/mol. The van der Waals surface area contributed by atoms with Crippen LogP contribution in [0.25, 0.3) is 11.1 Å². The Hall–Kier alpha value is -2.04. The number of nitrogens with one attached hydrogen (secondary N) is 1. The molecule has 0 unspecified atom stereocenters. The molecule has 1 aromatic heterocycles. The lowest BCUT2D eigenvalue weighted by atomic mass is 10.1. The Kier molecular flexibility index (Phi) is 3.58. The van der Waals surface area contributed by atoms with Gasteiger partial charge in [0.2, 0.25) is 5.91 Å². The second kappa shape index (κ2) is 5.53. The van der Waals surface area contributed by atoms with E-state index in [-0.39, 0.29) is 5.91 Å². The quantitative estimate of drug-likeness (QED) is 0.909. The summed E-state index contributed by atoms with van der Waals surface area (Å²) < 4.78 is 5.61. The number of amides is 1. The second-order valence-corrected chi connectivity index (χ2v) is 5.42. The average Bonchev–Trinajstić information content (AvgIpc) is 3.03. The number of para-hydroxylation sites is 2. The van der Waals surface area contributed by atoms with Gasteiger partial charge in [-0.2, -0.15) is 4.98 Å². The summed E-state index contributed by atoms with van der Waals surface area (Å²) in [5.74, 6) is 0.644. The Morgan fingerprint density at radius 2 is 2.30 bits per heavy atom. The van der Waals surface area contributed by atoms with E-state index in [0.29, 0.717) is 18.4 Å². The lowest BCUT2D eigenvalue weighted by Crippen LogP contribution is -2.32. The molecule has 0 aliphatic carbocycles. The van der Waals surface area contributed by atoms with Crippen LogP contribution in [0.5, 0.6) is 0 Å². The van der Waals surface area contributed by atoms with Gasteiger partial charge >= 0.3 is 0 Å². The Morgan fingerprint density at radius 1 is 1.45 bits per heavy atom. The zero-order valence-electron chi connectivity index (χ0n) is 11.6. The molecule has 1 fully saturated rings. The summed E-state index contributed by atoms with van der Waals surface area (Å²) in [6.45, 7) is 4.57. The van der Waals surface area contributed by atoms with Crippen LogP contribution < -0.4 is 5.32 Å². The third-order valence-electron chi connectivity index (χ3n) is 3.60. The van der Waals surface area contributed by atoms with Crippen molar-refractivity contribution in [2.24, 2.45) is 5.92 Å². The molecule has 2 aromatic rings. The first-order chi connectivity index (χ1) is 9.72. The summed E-state index contributed by atoms with van der Waals surface area (Å²) in [6.07, 6.45) is 1.69. The van der Waals surface area contributed by atoms with Gasteiger partial charge in [0.1, 0.15) is 5.52 Å². The first-order valence-electron chi connectivity index (χ1n) is 7.09. The van der Waals surface area contributed by atoms with Crippen molar-refractivity contribution in [1.29, 1.82) is 0 Å². The first kappa shape index (κ1) is 13.0. The molecular weight excluding hydrogens is 254 g/mol. The van der Waals surface area contributed by atoms with Crippen molar-refractivity contribution < 1.29 is 9.21 Å². The van der Waals surface area contributed by atoms with Gasteiger partial charge in [-0.25, -0.2) is 0 Å². The summed E-state index contributed by atoms with van der Waals surface area (Å²) in [7, 11) is 0. The van der Waals surface area contributed by atoms with Gasteiger partial charge in [0, 0.05) is 26.1 Å². The standard InChI is InChI=1S/C15H19N3O2/c1-11(10-18-8-4-7-14(18)19)9-16-15-17-12-5-2-3-6-13(12)20-15/h2-3,5-6,11H,4,7-10H2,1H3,(H,16,17)/t11-/m0/s1. The molecule has 0 radical (unpaired) electrons. The molecule has 1 aliphatic heterocycles. The number of carbonyl (C=O) groups is 1. The molecule has 1 aromatic carbocycles. The summed E-state index contributed by atoms with van der Waals surface area (Å²) in [6, 6.07) is 8.25. The molecule has 0 saturated carbocycles. The van der Waals surface area contributed by atoms with Crippen LogP contribution in [0.15, 0.2) is 28.7 Å². The van der Waals surface area contributed by atoms with Crippen molar-refractivity contribution >= 4 is 23.0 Å². The lowest BCUT2D eigenvalue weighted by molar-refractivity contribution is -0.128. The zero-order chi connectivity index (χ0) is 13.9. The van der Waals surface area contributed by atoms with E-state index in [1.807, 2.05) is 29.2 Å². The largest absolute Gasteiger partial charge is 0.424 e. The molecule has 1 N–H and O–H groups in total. The Morgan fingerprint density at radius 3 is 3.05 bits per heavy atom. The number of oxazole rings is 1. The average molecular weight is 273 g/mol. The van der Waals surface area contributed by atoms with E-state index >= 15 is 0 Å². The van der Waals surface area contributed by atoms with Crippen molar-refractivity contribution in [1.82, 2.24) is 9.88 Å². The fraction of sp³-hybridized carbons (Fsp3) is 0.467. The molecule has 3 rings (SSSR count). The molecule has 0 spiro atoms. The molecule has 2 heterocycles. The second-order valence-electron chi connectivity index (χ2n) is 5.42. The number of benzene rings is 1. The topological polar surface area (TPSA) is 58.4 Å². The third-order valence-corrected chi connectivity index (χ3v) is 3.60. The molecule has 1 aliphatic rings. The molecule has 5 nitrogen and oxygen atoms in total. The van der Waals surface area contributed by atoms with Gasteiger partial charge in [-0.3, -0.25) is 4.79 Å². The highest BCUT2D eigenvalue weighted by Gasteiger charge is 2.21. The van der Waals surface area contributed by atoms with E-state index in [9.17, 15) is 4.79 Å². The number of likely N-dealkylation sites (tertiary alicyclic amines) is 1. The highest BCUT2D eigenvalue weighted by Crippen LogP contribution is 2.18. The van der Waals surface area contributed by atoms with Crippen LogP contribution in [-0.4, -0.2) is 35.4 Å². The van der Waals surface area contributed by atoms with Crippen molar-refractivity contribution in [3.63, 3.8) is 0 Å². The Labute approximate surface area is 118 Å². The van der Waals surface area contributed by atoms with Gasteiger partial charge in [0.25, 0.3) is 6.01 Å². The van der Waals surface area contributed by atoms with Gasteiger partial charge in [-0.1, -0.05) is 19.1 Å². The minimum atomic E-state index is 0.277. The van der Waals surface area contributed by atoms with Crippen molar-refractivity contribution in [2.75, 3.05) is 25.0 Å². The number of aromatic nitrogens is 1. The lowest BCUT2D eigenvalue weighted by Gasteiger charge is -2.20. The van der Waals surface area contributed by atoms with E-state index in [1.54, 1.807) is 0 Å². The molecule has 20 heavy (non-hydrogen) atoms. The van der Waals surface area contributed by atoms with Crippen LogP contribution in [0.3, 0.4) is 0 Å². The zero-order valence-corrected chi connectivity index (χ0v) is 11.6. The maximum Gasteiger partial charge on any atom is 0.295 e. The number of hydrogen-bond donors (Lipinski definition) is 1. The highest BCUT2D eigenvalue weighted by atomic mass is 16.4. The fourth-order valence-electron chi connectivity index (χ4n) is 2.55. The maximum absolute atomic E-state index is 11.6. The van der Waals surface area contributed by atoms with E-state index in [1.165, 1.54) is 0 Å². The smallest absolute Gasteiger partial charge is 0.295 e. The highest BCUT2D eigenvalue weighted by molar-refractivity contribution is 5.78. The van der Waals surface area contributed by atoms with Gasteiger partial charge in [-0.05, 0) is 24.5 Å². The van der Waals surface area contributed by atoms with E-state index in [4.69, 9.17) is 4.42 Å². The number of anilines is 1. The minimum Gasteiger partial charge on any atom is -0.424 e. The van der Waals surface area contributed by atoms with Crippen LogP contribution in [0.4, 0.5) is 6.01 Å². The number of nitrogens with zero attached hydrogens (tertiary/aromatic N) is 2. The molecule has 0 bridgehead atoms. The normalized spacial score (nSPS) is 16.9. The van der Waals surface area contributed by atoms with E-state index < -0.39 is 0 Å². The van der Waals surface area contributed by atoms with Crippen LogP contribution in [0, 0.1) is 5.92 Å². The van der Waals surface area contributed by atoms with Crippen molar-refractivity contribution in [2.45, 2.75) is 19.8 Å². The van der Waals surface area contributed by atoms with Crippen LogP contribution in [0.1, 0.15) is 19.8 Å². The van der Waals surface area contributed by atoms with E-state index in [2.05, 4.69) is 17.2 Å². The summed E-state index contributed by atoms with van der Waals surface area (Å²) in [5.41, 5.74) is 1.65. The maximum atomic E-state index is 11.6. The van der Waals surface area contributed by atoms with Gasteiger partial charge in [0.15, 0.2) is 5.58 Å². The van der Waals surface area contributed by atoms with Crippen LogP contribution in [0.2, 0.25) is 0 Å². The summed E-state index contributed by atoms with van der Waals surface area (Å²) in [5, 5.41) is 3.21. The predicted octanol–water partition coefficient (Wildman–Crippen LogP) is 2.50. The first-order valence-corrected chi connectivity index (χ1v) is 7.09. The summed E-state index contributed by atoms with van der Waals surface area (Å²) >= 11 is 0. The molecular formula is C15H19N3O2. The number of carbonyl (C=O) groups excluding carboxylic acids is 1. The van der Waals surface area contributed by atoms with E-state index in [0.717, 1.165) is 37.2 Å². The number of hydrogen-bond acceptors (Lipinski definition) is 4. The van der Waals surface area contributed by atoms with Gasteiger partial charge in [0.05, 0.1) is 0 Å². The third kappa shape index (κ3) is 2.76.